The van der Waals surface area contributed by atoms with E-state index in [0.29, 0.717) is 17.5 Å². The van der Waals surface area contributed by atoms with Crippen molar-refractivity contribution in [2.45, 2.75) is 0 Å². The lowest BCUT2D eigenvalue weighted by molar-refractivity contribution is 0.668. The first-order chi connectivity index (χ1) is 23.8. The molecule has 10 aromatic rings. The number of hydrogen-bond acceptors (Lipinski definition) is 6. The maximum absolute atomic E-state index is 6.70. The largest absolute Gasteiger partial charge is 0.456 e. The summed E-state index contributed by atoms with van der Waals surface area (Å²) in [6.45, 7) is 0. The van der Waals surface area contributed by atoms with Gasteiger partial charge < -0.3 is 8.83 Å². The van der Waals surface area contributed by atoms with Gasteiger partial charge in [0.05, 0.1) is 0 Å². The van der Waals surface area contributed by atoms with Crippen molar-refractivity contribution in [2.24, 2.45) is 0 Å². The highest BCUT2D eigenvalue weighted by Gasteiger charge is 2.22. The first kappa shape index (κ1) is 26.5. The summed E-state index contributed by atoms with van der Waals surface area (Å²) in [5, 5.41) is 6.19. The number of benzene rings is 6. The predicted molar refractivity (Wildman–Crippen MR) is 191 cm³/mol. The molecule has 0 amide bonds. The van der Waals surface area contributed by atoms with E-state index in [1.54, 1.807) is 6.20 Å². The zero-order valence-electron chi connectivity index (χ0n) is 25.5. The SMILES string of the molecule is c1ccc(-c2nc(-c3ccc4ccccc4c3)nc(-c3ccc(-c4cccc5oc6ccncc6c45)c4oc5ccccc5c34)n2)cc1. The summed E-state index contributed by atoms with van der Waals surface area (Å²) in [5.41, 5.74) is 7.81. The fourth-order valence-electron chi connectivity index (χ4n) is 6.79. The summed E-state index contributed by atoms with van der Waals surface area (Å²) >= 11 is 0. The molecule has 10 rings (SSSR count). The summed E-state index contributed by atoms with van der Waals surface area (Å²) in [7, 11) is 0. The Morgan fingerprint density at radius 1 is 0.417 bits per heavy atom. The van der Waals surface area contributed by atoms with Gasteiger partial charge in [-0.3, -0.25) is 4.98 Å². The molecule has 0 bridgehead atoms. The fourth-order valence-corrected chi connectivity index (χ4v) is 6.79. The number of rotatable bonds is 4. The molecule has 0 unspecified atom stereocenters. The lowest BCUT2D eigenvalue weighted by Crippen LogP contribution is -2.00. The van der Waals surface area contributed by atoms with Gasteiger partial charge in [-0.05, 0) is 52.7 Å². The van der Waals surface area contributed by atoms with Crippen LogP contribution in [0.2, 0.25) is 0 Å². The molecule has 0 N–H and O–H groups in total. The van der Waals surface area contributed by atoms with Crippen LogP contribution in [0.5, 0.6) is 0 Å². The van der Waals surface area contributed by atoms with E-state index < -0.39 is 0 Å². The van der Waals surface area contributed by atoms with Crippen molar-refractivity contribution >= 4 is 54.6 Å². The number of hydrogen-bond donors (Lipinski definition) is 0. The third kappa shape index (κ3) is 4.13. The second-order valence-corrected chi connectivity index (χ2v) is 11.8. The third-order valence-electron chi connectivity index (χ3n) is 9.03. The van der Waals surface area contributed by atoms with E-state index in [2.05, 4.69) is 59.6 Å². The van der Waals surface area contributed by atoms with Crippen LogP contribution in [0.4, 0.5) is 0 Å². The first-order valence-electron chi connectivity index (χ1n) is 15.8. The highest BCUT2D eigenvalue weighted by atomic mass is 16.3. The Balaban J connectivity index is 1.26. The number of aromatic nitrogens is 4. The van der Waals surface area contributed by atoms with Crippen LogP contribution < -0.4 is 0 Å². The van der Waals surface area contributed by atoms with Gasteiger partial charge >= 0.3 is 0 Å². The number of furan rings is 2. The Bertz CT molecular complexity index is 2850. The topological polar surface area (TPSA) is 77.8 Å². The molecule has 0 spiro atoms. The van der Waals surface area contributed by atoms with Gasteiger partial charge in [-0.2, -0.15) is 0 Å². The van der Waals surface area contributed by atoms with Gasteiger partial charge in [-0.15, -0.1) is 0 Å². The average Bonchev–Trinajstić information content (AvgIpc) is 3.74. The zero-order valence-corrected chi connectivity index (χ0v) is 25.5. The molecule has 0 radical (unpaired) electrons. The van der Waals surface area contributed by atoms with E-state index in [0.717, 1.165) is 82.5 Å². The quantitative estimate of drug-likeness (QED) is 0.196. The summed E-state index contributed by atoms with van der Waals surface area (Å²) in [5.74, 6) is 1.79. The molecular formula is C42H24N4O2. The van der Waals surface area contributed by atoms with Gasteiger partial charge in [-0.25, -0.2) is 15.0 Å². The molecule has 0 aliphatic rings. The molecule has 0 saturated carbocycles. The van der Waals surface area contributed by atoms with Crippen LogP contribution >= 0.6 is 0 Å². The second kappa shape index (κ2) is 10.4. The molecular weight excluding hydrogens is 592 g/mol. The molecule has 0 saturated heterocycles. The Morgan fingerprint density at radius 3 is 2.06 bits per heavy atom. The summed E-state index contributed by atoms with van der Waals surface area (Å²) in [6.07, 6.45) is 3.61. The zero-order chi connectivity index (χ0) is 31.6. The maximum atomic E-state index is 6.70. The summed E-state index contributed by atoms with van der Waals surface area (Å²) < 4.78 is 12.9. The van der Waals surface area contributed by atoms with Crippen LogP contribution in [0.1, 0.15) is 0 Å². The van der Waals surface area contributed by atoms with Crippen molar-refractivity contribution in [3.8, 4) is 45.3 Å². The molecule has 0 aliphatic carbocycles. The van der Waals surface area contributed by atoms with Crippen molar-refractivity contribution in [1.29, 1.82) is 0 Å². The molecule has 0 atom stereocenters. The molecule has 6 nitrogen and oxygen atoms in total. The molecule has 224 valence electrons. The van der Waals surface area contributed by atoms with Gasteiger partial charge in [0.25, 0.3) is 0 Å². The van der Waals surface area contributed by atoms with Crippen molar-refractivity contribution in [3.05, 3.63) is 146 Å². The fraction of sp³-hybridized carbons (Fsp3) is 0. The van der Waals surface area contributed by atoms with Crippen LogP contribution in [-0.4, -0.2) is 19.9 Å². The van der Waals surface area contributed by atoms with Crippen LogP contribution in [0.15, 0.2) is 155 Å². The van der Waals surface area contributed by atoms with E-state index in [-0.39, 0.29) is 0 Å². The Hall–Kier alpha value is -6.66. The van der Waals surface area contributed by atoms with Crippen molar-refractivity contribution < 1.29 is 8.83 Å². The van der Waals surface area contributed by atoms with Crippen LogP contribution in [0, 0.1) is 0 Å². The van der Waals surface area contributed by atoms with E-state index in [4.69, 9.17) is 23.8 Å². The normalized spacial score (nSPS) is 11.8. The molecule has 0 aliphatic heterocycles. The molecule has 6 heteroatoms. The first-order valence-corrected chi connectivity index (χ1v) is 15.8. The Labute approximate surface area is 274 Å². The van der Waals surface area contributed by atoms with E-state index in [1.807, 2.05) is 85.1 Å². The second-order valence-electron chi connectivity index (χ2n) is 11.8. The van der Waals surface area contributed by atoms with Gasteiger partial charge in [0, 0.05) is 56.2 Å². The van der Waals surface area contributed by atoms with Crippen LogP contribution in [0.3, 0.4) is 0 Å². The minimum Gasteiger partial charge on any atom is -0.456 e. The molecule has 0 fully saturated rings. The summed E-state index contributed by atoms with van der Waals surface area (Å²) in [4.78, 5) is 19.6. The van der Waals surface area contributed by atoms with Crippen molar-refractivity contribution in [2.75, 3.05) is 0 Å². The third-order valence-corrected chi connectivity index (χ3v) is 9.03. The van der Waals surface area contributed by atoms with Gasteiger partial charge in [0.1, 0.15) is 22.3 Å². The highest BCUT2D eigenvalue weighted by Crippen LogP contribution is 2.44. The minimum atomic E-state index is 0.575. The smallest absolute Gasteiger partial charge is 0.164 e. The minimum absolute atomic E-state index is 0.575. The van der Waals surface area contributed by atoms with Crippen LogP contribution in [-0.2, 0) is 0 Å². The van der Waals surface area contributed by atoms with Crippen molar-refractivity contribution in [3.63, 3.8) is 0 Å². The number of nitrogens with zero attached hydrogens (tertiary/aromatic N) is 4. The molecule has 48 heavy (non-hydrogen) atoms. The number of pyridine rings is 1. The molecule has 4 aromatic heterocycles. The van der Waals surface area contributed by atoms with Gasteiger partial charge in [0.15, 0.2) is 17.5 Å². The predicted octanol–water partition coefficient (Wildman–Crippen LogP) is 10.9. The van der Waals surface area contributed by atoms with Gasteiger partial charge in [-0.1, -0.05) is 97.1 Å². The number of para-hydroxylation sites is 1. The molecule has 6 aromatic carbocycles. The average molecular weight is 617 g/mol. The number of fused-ring (bicyclic) bond motifs is 7. The van der Waals surface area contributed by atoms with Crippen LogP contribution in [0.25, 0.3) is 99.9 Å². The lowest BCUT2D eigenvalue weighted by Gasteiger charge is -2.11. The Kier molecular flexibility index (Phi) is 5.77. The van der Waals surface area contributed by atoms with E-state index in [9.17, 15) is 0 Å². The lowest BCUT2D eigenvalue weighted by atomic mass is 9.95. The maximum Gasteiger partial charge on any atom is 0.164 e. The van der Waals surface area contributed by atoms with Crippen molar-refractivity contribution in [1.82, 2.24) is 19.9 Å². The van der Waals surface area contributed by atoms with Gasteiger partial charge in [0.2, 0.25) is 0 Å². The molecule has 4 heterocycles. The highest BCUT2D eigenvalue weighted by molar-refractivity contribution is 6.20. The van der Waals surface area contributed by atoms with E-state index in [1.165, 1.54) is 0 Å². The standard InChI is InChI=1S/C42H24N4O2/c1-2-10-26(11-3-1)40-44-41(28-18-17-25-9-4-5-12-27(25)23-28)46-42(45-40)32-20-19-30(39-38(32)31-13-6-7-15-34(31)48-39)29-14-8-16-36-37(29)33-24-43-22-21-35(33)47-36/h1-24H. The Morgan fingerprint density at radius 2 is 1.15 bits per heavy atom. The van der Waals surface area contributed by atoms with E-state index >= 15 is 0 Å². The summed E-state index contributed by atoms with van der Waals surface area (Å²) in [6, 6.07) is 45.1. The monoisotopic (exact) mass is 616 g/mol.